The molecule has 0 aliphatic carbocycles. The fraction of sp³-hybridized carbons (Fsp3) is 0.556. The molecule has 0 aromatic rings. The van der Waals surface area contributed by atoms with E-state index in [1.165, 1.54) is 0 Å². The first-order valence-electron chi connectivity index (χ1n) is 3.85. The Balaban J connectivity index is 0. The molecule has 0 aromatic heterocycles. The highest BCUT2D eigenvalue weighted by atomic mass is 35.5. The Labute approximate surface area is 75.1 Å². The van der Waals surface area contributed by atoms with Gasteiger partial charge in [-0.3, -0.25) is 0 Å². The minimum atomic E-state index is 0.796. The van der Waals surface area contributed by atoms with Crippen molar-refractivity contribution in [3.05, 3.63) is 22.9 Å². The molecule has 0 heterocycles. The normalized spacial score (nSPS) is 11.8. The van der Waals surface area contributed by atoms with Crippen molar-refractivity contribution in [3.8, 4) is 0 Å². The van der Waals surface area contributed by atoms with Gasteiger partial charge in [-0.1, -0.05) is 25.4 Å². The lowest BCUT2D eigenvalue weighted by molar-refractivity contribution is 0.990. The zero-order chi connectivity index (χ0) is 9.28. The van der Waals surface area contributed by atoms with Gasteiger partial charge < -0.3 is 5.32 Å². The van der Waals surface area contributed by atoms with Crippen molar-refractivity contribution in [2.24, 2.45) is 0 Å². The maximum Gasteiger partial charge on any atom is 0.0150 e. The third-order valence-electron chi connectivity index (χ3n) is 0.957. The molecule has 0 unspecified atom stereocenters. The van der Waals surface area contributed by atoms with Gasteiger partial charge in [-0.25, -0.2) is 0 Å². The van der Waals surface area contributed by atoms with Crippen LogP contribution in [0, 0.1) is 0 Å². The predicted octanol–water partition coefficient (Wildman–Crippen LogP) is 3.28. The Morgan fingerprint density at radius 3 is 1.91 bits per heavy atom. The number of allylic oxidation sites excluding steroid dienone is 4. The molecule has 0 saturated heterocycles. The molecule has 1 nitrogen and oxygen atoms in total. The molecule has 0 atom stereocenters. The fourth-order valence-electron chi connectivity index (χ4n) is 0.323. The van der Waals surface area contributed by atoms with Crippen LogP contribution in [0.5, 0.6) is 0 Å². The second kappa shape index (κ2) is 9.57. The van der Waals surface area contributed by atoms with Crippen molar-refractivity contribution < 1.29 is 0 Å². The van der Waals surface area contributed by atoms with Crippen LogP contribution in [0.4, 0.5) is 0 Å². The summed E-state index contributed by atoms with van der Waals surface area (Å²) in [5.74, 6) is 0. The number of nitrogens with one attached hydrogen (secondary N) is 1. The van der Waals surface area contributed by atoms with E-state index in [1.807, 2.05) is 46.9 Å². The SMILES string of the molecule is CC.CN/C(C)=C/C=C(\C)Cl. The molecular weight excluding hydrogens is 158 g/mol. The van der Waals surface area contributed by atoms with Crippen molar-refractivity contribution >= 4 is 11.6 Å². The Morgan fingerprint density at radius 1 is 1.18 bits per heavy atom. The lowest BCUT2D eigenvalue weighted by Gasteiger charge is -1.93. The van der Waals surface area contributed by atoms with E-state index < -0.39 is 0 Å². The van der Waals surface area contributed by atoms with E-state index in [1.54, 1.807) is 0 Å². The fourth-order valence-corrected chi connectivity index (χ4v) is 0.386. The largest absolute Gasteiger partial charge is 0.392 e. The summed E-state index contributed by atoms with van der Waals surface area (Å²) in [6.07, 6.45) is 3.79. The lowest BCUT2D eigenvalue weighted by Crippen LogP contribution is -2.00. The molecule has 2 heteroatoms. The zero-order valence-electron chi connectivity index (χ0n) is 8.03. The summed E-state index contributed by atoms with van der Waals surface area (Å²) in [4.78, 5) is 0. The van der Waals surface area contributed by atoms with Gasteiger partial charge in [0.05, 0.1) is 0 Å². The standard InChI is InChI=1S/C7H12ClN.C2H6/c1-6(8)4-5-7(2)9-3;1-2/h4-5,9H,1-3H3;1-2H3/b6-4+,7-5+;. The average Bonchev–Trinajstić information content (AvgIpc) is 2.04. The quantitative estimate of drug-likeness (QED) is 0.636. The minimum absolute atomic E-state index is 0.796. The van der Waals surface area contributed by atoms with Crippen LogP contribution in [-0.4, -0.2) is 7.05 Å². The summed E-state index contributed by atoms with van der Waals surface area (Å²) in [5, 5.41) is 3.77. The summed E-state index contributed by atoms with van der Waals surface area (Å²) in [6.45, 7) is 7.83. The predicted molar refractivity (Wildman–Crippen MR) is 53.8 cm³/mol. The van der Waals surface area contributed by atoms with E-state index in [9.17, 15) is 0 Å². The van der Waals surface area contributed by atoms with Crippen molar-refractivity contribution in [1.29, 1.82) is 0 Å². The number of halogens is 1. The van der Waals surface area contributed by atoms with Crippen molar-refractivity contribution in [1.82, 2.24) is 5.32 Å². The monoisotopic (exact) mass is 175 g/mol. The highest BCUT2D eigenvalue weighted by molar-refractivity contribution is 6.29. The van der Waals surface area contributed by atoms with Gasteiger partial charge in [0.1, 0.15) is 0 Å². The van der Waals surface area contributed by atoms with Gasteiger partial charge in [0.25, 0.3) is 0 Å². The van der Waals surface area contributed by atoms with Crippen molar-refractivity contribution in [3.63, 3.8) is 0 Å². The summed E-state index contributed by atoms with van der Waals surface area (Å²) in [6, 6.07) is 0. The third-order valence-corrected chi connectivity index (χ3v) is 1.08. The van der Waals surface area contributed by atoms with Gasteiger partial charge in [-0.2, -0.15) is 0 Å². The van der Waals surface area contributed by atoms with Crippen LogP contribution in [0.2, 0.25) is 0 Å². The van der Waals surface area contributed by atoms with E-state index in [2.05, 4.69) is 5.32 Å². The summed E-state index contributed by atoms with van der Waals surface area (Å²) in [7, 11) is 1.88. The summed E-state index contributed by atoms with van der Waals surface area (Å²) >= 11 is 5.57. The van der Waals surface area contributed by atoms with Gasteiger partial charge in [-0.15, -0.1) is 0 Å². The van der Waals surface area contributed by atoms with Gasteiger partial charge in [0, 0.05) is 17.8 Å². The van der Waals surface area contributed by atoms with Gasteiger partial charge in [0.2, 0.25) is 0 Å². The highest BCUT2D eigenvalue weighted by Crippen LogP contribution is 1.98. The molecular formula is C9H18ClN. The maximum absolute atomic E-state index is 5.57. The van der Waals surface area contributed by atoms with Crippen LogP contribution >= 0.6 is 11.6 Å². The maximum atomic E-state index is 5.57. The van der Waals surface area contributed by atoms with Crippen LogP contribution in [0.25, 0.3) is 0 Å². The first-order valence-corrected chi connectivity index (χ1v) is 4.23. The second-order valence-corrected chi connectivity index (χ2v) is 2.45. The van der Waals surface area contributed by atoms with Crippen LogP contribution in [0.3, 0.4) is 0 Å². The van der Waals surface area contributed by atoms with Crippen molar-refractivity contribution in [2.45, 2.75) is 27.7 Å². The Kier molecular flexibility index (Phi) is 11.5. The molecule has 66 valence electrons. The zero-order valence-corrected chi connectivity index (χ0v) is 8.79. The number of hydrogen-bond donors (Lipinski definition) is 1. The molecule has 0 spiro atoms. The van der Waals surface area contributed by atoms with E-state index in [0.717, 1.165) is 10.7 Å². The van der Waals surface area contributed by atoms with Crippen LogP contribution in [0.15, 0.2) is 22.9 Å². The van der Waals surface area contributed by atoms with E-state index in [4.69, 9.17) is 11.6 Å². The Morgan fingerprint density at radius 2 is 1.64 bits per heavy atom. The Bertz CT molecular complexity index is 132. The minimum Gasteiger partial charge on any atom is -0.392 e. The van der Waals surface area contributed by atoms with Crippen molar-refractivity contribution in [2.75, 3.05) is 7.05 Å². The molecule has 0 aliphatic rings. The second-order valence-electron chi connectivity index (χ2n) is 1.85. The molecule has 11 heavy (non-hydrogen) atoms. The number of rotatable bonds is 2. The summed E-state index contributed by atoms with van der Waals surface area (Å²) < 4.78 is 0. The molecule has 1 N–H and O–H groups in total. The molecule has 0 fully saturated rings. The molecule has 0 rings (SSSR count). The molecule has 0 aromatic carbocycles. The molecule has 0 radical (unpaired) electrons. The summed E-state index contributed by atoms with van der Waals surface area (Å²) in [5.41, 5.74) is 1.11. The topological polar surface area (TPSA) is 12.0 Å². The van der Waals surface area contributed by atoms with E-state index in [0.29, 0.717) is 0 Å². The van der Waals surface area contributed by atoms with Gasteiger partial charge in [0.15, 0.2) is 0 Å². The van der Waals surface area contributed by atoms with Gasteiger partial charge >= 0.3 is 0 Å². The van der Waals surface area contributed by atoms with Crippen LogP contribution < -0.4 is 5.32 Å². The number of hydrogen-bond acceptors (Lipinski definition) is 1. The van der Waals surface area contributed by atoms with E-state index >= 15 is 0 Å². The highest BCUT2D eigenvalue weighted by Gasteiger charge is 1.77. The first-order chi connectivity index (χ1) is 5.16. The van der Waals surface area contributed by atoms with E-state index in [-0.39, 0.29) is 0 Å². The average molecular weight is 176 g/mol. The van der Waals surface area contributed by atoms with Crippen LogP contribution in [-0.2, 0) is 0 Å². The first kappa shape index (κ1) is 13.2. The lowest BCUT2D eigenvalue weighted by atomic mass is 10.4. The van der Waals surface area contributed by atoms with Crippen LogP contribution in [0.1, 0.15) is 27.7 Å². The molecule has 0 saturated carbocycles. The molecule has 0 aliphatic heterocycles. The molecule has 0 amide bonds. The smallest absolute Gasteiger partial charge is 0.0150 e. The molecule has 0 bridgehead atoms. The Hall–Kier alpha value is -0.430. The van der Waals surface area contributed by atoms with Gasteiger partial charge in [-0.05, 0) is 26.0 Å². The third kappa shape index (κ3) is 12.7.